The number of nitrogens with one attached hydrogen (secondary N) is 1. The van der Waals surface area contributed by atoms with Gasteiger partial charge in [-0.15, -0.1) is 0 Å². The van der Waals surface area contributed by atoms with E-state index in [2.05, 4.69) is 11.9 Å². The Morgan fingerprint density at radius 2 is 2.16 bits per heavy atom. The van der Waals surface area contributed by atoms with Gasteiger partial charge >= 0.3 is 0 Å². The Morgan fingerprint density at radius 3 is 3.00 bits per heavy atom. The van der Waals surface area contributed by atoms with Crippen LogP contribution < -0.4 is 0 Å². The van der Waals surface area contributed by atoms with Crippen LogP contribution in [-0.2, 0) is 22.4 Å². The summed E-state index contributed by atoms with van der Waals surface area (Å²) in [4.78, 5) is 18.1. The van der Waals surface area contributed by atoms with Crippen LogP contribution in [0.25, 0.3) is 10.9 Å². The summed E-state index contributed by atoms with van der Waals surface area (Å²) in [6.45, 7) is 3.70. The molecule has 1 saturated heterocycles. The fourth-order valence-corrected chi connectivity index (χ4v) is 3.44. The monoisotopic (exact) mass is 338 g/mol. The van der Waals surface area contributed by atoms with Gasteiger partial charge in [-0.25, -0.2) is 0 Å². The van der Waals surface area contributed by atoms with Crippen molar-refractivity contribution < 1.29 is 13.9 Å². The minimum atomic E-state index is -0.147. The molecule has 1 aliphatic rings. The third kappa shape index (κ3) is 3.07. The van der Waals surface area contributed by atoms with Crippen LogP contribution in [0.5, 0.6) is 0 Å². The minimum Gasteiger partial charge on any atom is -0.464 e. The van der Waals surface area contributed by atoms with E-state index in [1.807, 2.05) is 47.5 Å². The third-order valence-corrected chi connectivity index (χ3v) is 4.82. The molecule has 1 aromatic carbocycles. The van der Waals surface area contributed by atoms with Crippen molar-refractivity contribution in [1.82, 2.24) is 9.88 Å². The number of fused-ring (bicyclic) bond motifs is 1. The quantitative estimate of drug-likeness (QED) is 0.792. The van der Waals surface area contributed by atoms with E-state index < -0.39 is 0 Å². The molecule has 1 aliphatic heterocycles. The number of amides is 1. The number of hydrogen-bond acceptors (Lipinski definition) is 3. The Bertz CT molecular complexity index is 880. The zero-order valence-corrected chi connectivity index (χ0v) is 14.3. The van der Waals surface area contributed by atoms with Crippen LogP contribution in [0.15, 0.2) is 47.0 Å². The number of aromatic nitrogens is 1. The molecule has 5 heteroatoms. The molecule has 25 heavy (non-hydrogen) atoms. The maximum atomic E-state index is 13.0. The summed E-state index contributed by atoms with van der Waals surface area (Å²) in [5.74, 6) is 1.85. The molecule has 1 N–H and O–H groups in total. The van der Waals surface area contributed by atoms with E-state index >= 15 is 0 Å². The second-order valence-electron chi connectivity index (χ2n) is 6.37. The van der Waals surface area contributed by atoms with Crippen LogP contribution in [-0.4, -0.2) is 35.5 Å². The van der Waals surface area contributed by atoms with Gasteiger partial charge in [0.2, 0.25) is 5.91 Å². The highest BCUT2D eigenvalue weighted by Gasteiger charge is 2.31. The van der Waals surface area contributed by atoms with Gasteiger partial charge in [0.25, 0.3) is 0 Å². The Morgan fingerprint density at radius 1 is 1.28 bits per heavy atom. The summed E-state index contributed by atoms with van der Waals surface area (Å²) < 4.78 is 11.5. The highest BCUT2D eigenvalue weighted by atomic mass is 16.5. The topological polar surface area (TPSA) is 58.5 Å². The van der Waals surface area contributed by atoms with Gasteiger partial charge in [-0.2, -0.15) is 0 Å². The van der Waals surface area contributed by atoms with Gasteiger partial charge in [-0.05, 0) is 23.8 Å². The first-order chi connectivity index (χ1) is 12.3. The Hall–Kier alpha value is -2.53. The van der Waals surface area contributed by atoms with E-state index in [0.717, 1.165) is 34.4 Å². The maximum Gasteiger partial charge on any atom is 0.227 e. The van der Waals surface area contributed by atoms with Crippen molar-refractivity contribution in [3.05, 3.63) is 59.7 Å². The lowest BCUT2D eigenvalue weighted by atomic mass is 10.1. The lowest BCUT2D eigenvalue weighted by molar-refractivity contribution is -0.140. The van der Waals surface area contributed by atoms with E-state index in [4.69, 9.17) is 9.15 Å². The minimum absolute atomic E-state index is 0.104. The number of ether oxygens (including phenoxy) is 1. The van der Waals surface area contributed by atoms with Gasteiger partial charge in [0.15, 0.2) is 0 Å². The summed E-state index contributed by atoms with van der Waals surface area (Å²) in [7, 11) is 0. The van der Waals surface area contributed by atoms with Crippen LogP contribution in [0.3, 0.4) is 0 Å². The highest BCUT2D eigenvalue weighted by molar-refractivity contribution is 5.89. The fourth-order valence-electron chi connectivity index (χ4n) is 3.44. The maximum absolute atomic E-state index is 13.0. The lowest BCUT2D eigenvalue weighted by Crippen LogP contribution is -2.44. The number of furan rings is 1. The number of carbonyl (C=O) groups excluding carboxylic acids is 1. The van der Waals surface area contributed by atoms with Crippen LogP contribution in [0.2, 0.25) is 0 Å². The molecule has 0 spiro atoms. The zero-order valence-electron chi connectivity index (χ0n) is 14.3. The average molecular weight is 338 g/mol. The van der Waals surface area contributed by atoms with Gasteiger partial charge < -0.3 is 19.0 Å². The smallest absolute Gasteiger partial charge is 0.227 e. The van der Waals surface area contributed by atoms with Crippen molar-refractivity contribution in [1.29, 1.82) is 0 Å². The van der Waals surface area contributed by atoms with Gasteiger partial charge in [0.1, 0.15) is 17.6 Å². The molecular weight excluding hydrogens is 316 g/mol. The van der Waals surface area contributed by atoms with E-state index in [-0.39, 0.29) is 11.9 Å². The van der Waals surface area contributed by atoms with Gasteiger partial charge in [-0.3, -0.25) is 4.79 Å². The van der Waals surface area contributed by atoms with Crippen molar-refractivity contribution >= 4 is 16.8 Å². The fraction of sp³-hybridized carbons (Fsp3) is 0.350. The molecule has 0 radical (unpaired) electrons. The SMILES string of the molecule is CCc1ccc(C2COCCN2C(=O)Cc2c[nH]c3ccccc23)o1. The second-order valence-corrected chi connectivity index (χ2v) is 6.37. The Labute approximate surface area is 146 Å². The summed E-state index contributed by atoms with van der Waals surface area (Å²) in [5, 5.41) is 1.10. The number of hydrogen-bond donors (Lipinski definition) is 1. The van der Waals surface area contributed by atoms with E-state index in [0.29, 0.717) is 26.2 Å². The standard InChI is InChI=1S/C20H22N2O3/c1-2-15-7-8-19(25-15)18-13-24-10-9-22(18)20(23)11-14-12-21-17-6-4-3-5-16(14)17/h3-8,12,18,21H,2,9-11,13H2,1H3. The van der Waals surface area contributed by atoms with Crippen molar-refractivity contribution in [2.24, 2.45) is 0 Å². The molecule has 1 unspecified atom stereocenters. The van der Waals surface area contributed by atoms with E-state index in [9.17, 15) is 4.79 Å². The number of morpholine rings is 1. The number of aromatic amines is 1. The van der Waals surface area contributed by atoms with Gasteiger partial charge in [-0.1, -0.05) is 25.1 Å². The number of H-pyrrole nitrogens is 1. The summed E-state index contributed by atoms with van der Waals surface area (Å²) >= 11 is 0. The van der Waals surface area contributed by atoms with Crippen LogP contribution >= 0.6 is 0 Å². The molecule has 5 nitrogen and oxygen atoms in total. The van der Waals surface area contributed by atoms with Crippen molar-refractivity contribution in [2.75, 3.05) is 19.8 Å². The van der Waals surface area contributed by atoms with Crippen LogP contribution in [0.4, 0.5) is 0 Å². The largest absolute Gasteiger partial charge is 0.464 e. The molecule has 4 rings (SSSR count). The molecule has 1 amide bonds. The van der Waals surface area contributed by atoms with Crippen LogP contribution in [0, 0.1) is 0 Å². The predicted molar refractivity (Wildman–Crippen MR) is 95.4 cm³/mol. The molecule has 2 aromatic heterocycles. The molecule has 0 aliphatic carbocycles. The number of para-hydroxylation sites is 1. The average Bonchev–Trinajstić information content (AvgIpc) is 3.29. The van der Waals surface area contributed by atoms with Crippen molar-refractivity contribution in [3.8, 4) is 0 Å². The summed E-state index contributed by atoms with van der Waals surface area (Å²) in [6, 6.07) is 11.9. The highest BCUT2D eigenvalue weighted by Crippen LogP contribution is 2.28. The molecule has 1 atom stereocenters. The zero-order chi connectivity index (χ0) is 17.2. The molecule has 0 saturated carbocycles. The number of nitrogens with zero attached hydrogens (tertiary/aromatic N) is 1. The first-order valence-corrected chi connectivity index (χ1v) is 8.77. The first-order valence-electron chi connectivity index (χ1n) is 8.77. The summed E-state index contributed by atoms with van der Waals surface area (Å²) in [5.41, 5.74) is 2.09. The molecule has 0 bridgehead atoms. The number of rotatable bonds is 4. The molecule has 130 valence electrons. The van der Waals surface area contributed by atoms with Crippen LogP contribution in [0.1, 0.15) is 30.0 Å². The van der Waals surface area contributed by atoms with E-state index in [1.165, 1.54) is 0 Å². The predicted octanol–water partition coefficient (Wildman–Crippen LogP) is 3.47. The molecule has 3 aromatic rings. The molecule has 1 fully saturated rings. The van der Waals surface area contributed by atoms with E-state index in [1.54, 1.807) is 0 Å². The first kappa shape index (κ1) is 16.0. The molecule has 3 heterocycles. The normalized spacial score (nSPS) is 18.0. The van der Waals surface area contributed by atoms with Gasteiger partial charge in [0, 0.05) is 30.1 Å². The lowest BCUT2D eigenvalue weighted by Gasteiger charge is -2.34. The Balaban J connectivity index is 1.56. The molecular formula is C20H22N2O3. The second kappa shape index (κ2) is 6.76. The third-order valence-electron chi connectivity index (χ3n) is 4.82. The number of carbonyl (C=O) groups is 1. The number of benzene rings is 1. The van der Waals surface area contributed by atoms with Crippen molar-refractivity contribution in [2.45, 2.75) is 25.8 Å². The Kier molecular flexibility index (Phi) is 4.32. The van der Waals surface area contributed by atoms with Gasteiger partial charge in [0.05, 0.1) is 19.6 Å². The number of aryl methyl sites for hydroxylation is 1. The summed E-state index contributed by atoms with van der Waals surface area (Å²) in [6.07, 6.45) is 3.15. The van der Waals surface area contributed by atoms with Crippen molar-refractivity contribution in [3.63, 3.8) is 0 Å².